The Kier molecular flexibility index (Phi) is 5.64. The first-order valence-corrected chi connectivity index (χ1v) is 10.8. The van der Waals surface area contributed by atoms with E-state index in [1.165, 1.54) is 11.8 Å². The van der Waals surface area contributed by atoms with Gasteiger partial charge >= 0.3 is 0 Å². The standard InChI is InChI=1S/C19H19N3O2S2/c1-2-3-11-22-17-9-4-5-10-18(17)26(23,24)21-19(22)25-14-16-8-6-7-15(12-16)13-20/h4-10,12H,2-3,11,14H2,1H3. The third-order valence-corrected chi connectivity index (χ3v) is 6.50. The summed E-state index contributed by atoms with van der Waals surface area (Å²) in [6.07, 6.45) is 1.95. The molecule has 2 aromatic carbocycles. The maximum Gasteiger partial charge on any atom is 0.286 e. The number of benzene rings is 2. The lowest BCUT2D eigenvalue weighted by molar-refractivity contribution is 0.596. The number of thioether (sulfide) groups is 1. The summed E-state index contributed by atoms with van der Waals surface area (Å²) in [6, 6.07) is 16.4. The van der Waals surface area contributed by atoms with Crippen molar-refractivity contribution in [3.63, 3.8) is 0 Å². The topological polar surface area (TPSA) is 73.5 Å². The van der Waals surface area contributed by atoms with Crippen molar-refractivity contribution in [3.05, 3.63) is 59.7 Å². The lowest BCUT2D eigenvalue weighted by Gasteiger charge is -2.30. The number of fused-ring (bicyclic) bond motifs is 1. The van der Waals surface area contributed by atoms with Gasteiger partial charge in [0.25, 0.3) is 10.0 Å². The summed E-state index contributed by atoms with van der Waals surface area (Å²) >= 11 is 1.38. The maximum atomic E-state index is 12.5. The third kappa shape index (κ3) is 3.92. The van der Waals surface area contributed by atoms with Crippen molar-refractivity contribution in [2.45, 2.75) is 30.4 Å². The highest BCUT2D eigenvalue weighted by atomic mass is 32.2. The first-order chi connectivity index (χ1) is 12.5. The fourth-order valence-electron chi connectivity index (χ4n) is 2.72. The van der Waals surface area contributed by atoms with Crippen LogP contribution in [0, 0.1) is 11.3 Å². The number of hydrogen-bond donors (Lipinski definition) is 0. The van der Waals surface area contributed by atoms with Crippen LogP contribution >= 0.6 is 11.8 Å². The molecule has 0 amide bonds. The molecule has 26 heavy (non-hydrogen) atoms. The van der Waals surface area contributed by atoms with Crippen LogP contribution in [0.1, 0.15) is 30.9 Å². The van der Waals surface area contributed by atoms with Gasteiger partial charge in [0, 0.05) is 12.3 Å². The maximum absolute atomic E-state index is 12.5. The quantitative estimate of drug-likeness (QED) is 0.773. The zero-order valence-corrected chi connectivity index (χ0v) is 16.1. The van der Waals surface area contributed by atoms with E-state index in [1.54, 1.807) is 18.2 Å². The van der Waals surface area contributed by atoms with Crippen LogP contribution in [-0.4, -0.2) is 20.1 Å². The van der Waals surface area contributed by atoms with Gasteiger partial charge in [0.1, 0.15) is 4.90 Å². The smallest absolute Gasteiger partial charge is 0.286 e. The van der Waals surface area contributed by atoms with Gasteiger partial charge in [0.2, 0.25) is 0 Å². The Bertz CT molecular complexity index is 978. The van der Waals surface area contributed by atoms with Crippen molar-refractivity contribution < 1.29 is 8.42 Å². The Morgan fingerprint density at radius 2 is 2.00 bits per heavy atom. The van der Waals surface area contributed by atoms with Gasteiger partial charge in [0.05, 0.1) is 17.3 Å². The molecule has 7 heteroatoms. The van der Waals surface area contributed by atoms with E-state index in [4.69, 9.17) is 5.26 Å². The molecule has 0 spiro atoms. The average molecular weight is 386 g/mol. The number of nitrogens with zero attached hydrogens (tertiary/aromatic N) is 3. The minimum Gasteiger partial charge on any atom is -0.319 e. The molecule has 2 aromatic rings. The fourth-order valence-corrected chi connectivity index (χ4v) is 5.14. The molecule has 0 fully saturated rings. The number of amidine groups is 1. The Hall–Kier alpha value is -2.30. The summed E-state index contributed by atoms with van der Waals surface area (Å²) in [4.78, 5) is 2.24. The first-order valence-electron chi connectivity index (χ1n) is 8.38. The Morgan fingerprint density at radius 1 is 1.19 bits per heavy atom. The zero-order valence-electron chi connectivity index (χ0n) is 14.4. The first kappa shape index (κ1) is 18.5. The molecule has 5 nitrogen and oxygen atoms in total. The molecule has 1 aliphatic heterocycles. The molecular formula is C19H19N3O2S2. The Balaban J connectivity index is 1.90. The monoisotopic (exact) mass is 385 g/mol. The summed E-state index contributed by atoms with van der Waals surface area (Å²) < 4.78 is 29.1. The van der Waals surface area contributed by atoms with E-state index in [0.717, 1.165) is 18.4 Å². The summed E-state index contributed by atoms with van der Waals surface area (Å²) in [5.74, 6) is 0.550. The number of hydrogen-bond acceptors (Lipinski definition) is 5. The predicted octanol–water partition coefficient (Wildman–Crippen LogP) is 4.16. The number of unbranched alkanes of at least 4 members (excludes halogenated alkanes) is 1. The largest absolute Gasteiger partial charge is 0.319 e. The van der Waals surface area contributed by atoms with Crippen LogP contribution in [0.4, 0.5) is 5.69 Å². The molecule has 0 aliphatic carbocycles. The highest BCUT2D eigenvalue weighted by molar-refractivity contribution is 8.14. The van der Waals surface area contributed by atoms with E-state index in [-0.39, 0.29) is 4.90 Å². The van der Waals surface area contributed by atoms with Gasteiger partial charge < -0.3 is 4.90 Å². The van der Waals surface area contributed by atoms with Gasteiger partial charge in [-0.15, -0.1) is 4.40 Å². The van der Waals surface area contributed by atoms with Crippen LogP contribution in [0.5, 0.6) is 0 Å². The van der Waals surface area contributed by atoms with Crippen LogP contribution in [0.25, 0.3) is 0 Å². The number of para-hydroxylation sites is 1. The number of anilines is 1. The van der Waals surface area contributed by atoms with E-state index in [9.17, 15) is 8.42 Å². The molecular weight excluding hydrogens is 366 g/mol. The number of sulfonamides is 1. The molecule has 1 heterocycles. The second-order valence-corrected chi connectivity index (χ2v) is 8.44. The van der Waals surface area contributed by atoms with Crippen LogP contribution in [0.15, 0.2) is 57.8 Å². The fraction of sp³-hybridized carbons (Fsp3) is 0.263. The van der Waals surface area contributed by atoms with E-state index in [0.29, 0.717) is 28.7 Å². The highest BCUT2D eigenvalue weighted by Gasteiger charge is 2.30. The summed E-state index contributed by atoms with van der Waals surface area (Å²) in [5.41, 5.74) is 2.24. The van der Waals surface area contributed by atoms with Gasteiger partial charge in [-0.1, -0.05) is 49.4 Å². The van der Waals surface area contributed by atoms with E-state index in [2.05, 4.69) is 17.4 Å². The third-order valence-electron chi connectivity index (χ3n) is 4.02. The van der Waals surface area contributed by atoms with Crippen molar-refractivity contribution in [2.24, 2.45) is 4.40 Å². The van der Waals surface area contributed by atoms with Crippen molar-refractivity contribution in [1.29, 1.82) is 5.26 Å². The minimum atomic E-state index is -3.69. The second-order valence-electron chi connectivity index (χ2n) is 5.92. The Morgan fingerprint density at radius 3 is 2.77 bits per heavy atom. The van der Waals surface area contributed by atoms with E-state index in [1.807, 2.05) is 35.2 Å². The van der Waals surface area contributed by atoms with Gasteiger partial charge in [-0.05, 0) is 36.2 Å². The number of nitriles is 1. The van der Waals surface area contributed by atoms with Gasteiger partial charge in [-0.2, -0.15) is 13.7 Å². The normalized spacial score (nSPS) is 15.1. The van der Waals surface area contributed by atoms with Crippen LogP contribution in [0.3, 0.4) is 0 Å². The molecule has 0 saturated carbocycles. The van der Waals surface area contributed by atoms with Crippen molar-refractivity contribution in [1.82, 2.24) is 0 Å². The zero-order chi connectivity index (χ0) is 18.6. The van der Waals surface area contributed by atoms with Crippen molar-refractivity contribution in [2.75, 3.05) is 11.4 Å². The van der Waals surface area contributed by atoms with Gasteiger partial charge in [0.15, 0.2) is 5.17 Å². The predicted molar refractivity (Wildman–Crippen MR) is 106 cm³/mol. The molecule has 0 saturated heterocycles. The molecule has 1 aliphatic rings. The molecule has 0 radical (unpaired) electrons. The van der Waals surface area contributed by atoms with Crippen LogP contribution < -0.4 is 4.90 Å². The molecule has 0 unspecified atom stereocenters. The van der Waals surface area contributed by atoms with E-state index < -0.39 is 10.0 Å². The summed E-state index contributed by atoms with van der Waals surface area (Å²) in [6.45, 7) is 2.82. The van der Waals surface area contributed by atoms with Crippen molar-refractivity contribution in [3.8, 4) is 6.07 Å². The molecule has 0 atom stereocenters. The lowest BCUT2D eigenvalue weighted by atomic mass is 10.2. The van der Waals surface area contributed by atoms with Gasteiger partial charge in [-0.25, -0.2) is 0 Å². The Labute approximate surface area is 158 Å². The summed E-state index contributed by atoms with van der Waals surface area (Å²) in [5, 5.41) is 9.51. The van der Waals surface area contributed by atoms with Gasteiger partial charge in [-0.3, -0.25) is 0 Å². The summed E-state index contributed by atoms with van der Waals surface area (Å²) in [7, 11) is -3.69. The lowest BCUT2D eigenvalue weighted by Crippen LogP contribution is -2.34. The minimum absolute atomic E-state index is 0.256. The molecule has 0 bridgehead atoms. The number of rotatable bonds is 5. The molecule has 0 N–H and O–H groups in total. The molecule has 134 valence electrons. The van der Waals surface area contributed by atoms with Crippen LogP contribution in [0.2, 0.25) is 0 Å². The molecule has 0 aromatic heterocycles. The van der Waals surface area contributed by atoms with Crippen LogP contribution in [-0.2, 0) is 15.8 Å². The van der Waals surface area contributed by atoms with E-state index >= 15 is 0 Å². The molecule has 3 rings (SSSR count). The SMILES string of the molecule is CCCCN1C(SCc2cccc(C#N)c2)=NS(=O)(=O)c2ccccc21. The highest BCUT2D eigenvalue weighted by Crippen LogP contribution is 2.35. The average Bonchev–Trinajstić information content (AvgIpc) is 2.66. The van der Waals surface area contributed by atoms with Crippen molar-refractivity contribution >= 4 is 32.6 Å². The second kappa shape index (κ2) is 7.94.